The van der Waals surface area contributed by atoms with Crippen LogP contribution < -0.4 is 5.73 Å². The fourth-order valence-electron chi connectivity index (χ4n) is 3.64. The molecule has 2 atom stereocenters. The van der Waals surface area contributed by atoms with Crippen LogP contribution in [0.4, 0.5) is 4.39 Å². The highest BCUT2D eigenvalue weighted by Gasteiger charge is 2.51. The van der Waals surface area contributed by atoms with E-state index in [4.69, 9.17) is 10.5 Å². The van der Waals surface area contributed by atoms with Gasteiger partial charge in [0.15, 0.2) is 0 Å². The van der Waals surface area contributed by atoms with Gasteiger partial charge in [-0.3, -0.25) is 4.79 Å². The van der Waals surface area contributed by atoms with Crippen molar-refractivity contribution in [2.75, 3.05) is 26.8 Å². The lowest BCUT2D eigenvalue weighted by Gasteiger charge is -2.38. The van der Waals surface area contributed by atoms with Crippen molar-refractivity contribution in [2.24, 2.45) is 11.1 Å². The summed E-state index contributed by atoms with van der Waals surface area (Å²) < 4.78 is 18.2. The van der Waals surface area contributed by atoms with Crippen molar-refractivity contribution < 1.29 is 13.9 Å². The van der Waals surface area contributed by atoms with Gasteiger partial charge in [-0.15, -0.1) is 0 Å². The summed E-state index contributed by atoms with van der Waals surface area (Å²) in [4.78, 5) is 14.7. The lowest BCUT2D eigenvalue weighted by molar-refractivity contribution is -0.139. The van der Waals surface area contributed by atoms with Gasteiger partial charge in [0.05, 0.1) is 5.41 Å². The average molecular weight is 320 g/mol. The van der Waals surface area contributed by atoms with Crippen molar-refractivity contribution in [1.82, 2.24) is 4.90 Å². The average Bonchev–Trinajstić information content (AvgIpc) is 3.34. The first kappa shape index (κ1) is 16.4. The molecule has 0 radical (unpaired) electrons. The number of hydrogen-bond acceptors (Lipinski definition) is 3. The summed E-state index contributed by atoms with van der Waals surface area (Å²) >= 11 is 0. The van der Waals surface area contributed by atoms with Gasteiger partial charge in [-0.2, -0.15) is 0 Å². The maximum atomic E-state index is 13.1. The maximum Gasteiger partial charge on any atom is 0.228 e. The van der Waals surface area contributed by atoms with Crippen LogP contribution in [-0.4, -0.2) is 43.7 Å². The minimum Gasteiger partial charge on any atom is -0.385 e. The second kappa shape index (κ2) is 6.57. The van der Waals surface area contributed by atoms with E-state index in [1.165, 1.54) is 12.1 Å². The third-order valence-electron chi connectivity index (χ3n) is 5.34. The zero-order valence-electron chi connectivity index (χ0n) is 13.6. The van der Waals surface area contributed by atoms with Crippen LogP contribution in [0.15, 0.2) is 24.3 Å². The summed E-state index contributed by atoms with van der Waals surface area (Å²) in [6.45, 7) is 1.93. The smallest absolute Gasteiger partial charge is 0.228 e. The fourth-order valence-corrected chi connectivity index (χ4v) is 3.64. The molecule has 2 fully saturated rings. The van der Waals surface area contributed by atoms with Crippen LogP contribution in [0.5, 0.6) is 0 Å². The molecule has 1 aliphatic heterocycles. The number of benzene rings is 1. The van der Waals surface area contributed by atoms with E-state index in [1.54, 1.807) is 19.2 Å². The highest BCUT2D eigenvalue weighted by molar-refractivity contribution is 5.85. The highest BCUT2D eigenvalue weighted by Crippen LogP contribution is 2.50. The van der Waals surface area contributed by atoms with E-state index in [1.807, 2.05) is 4.90 Å². The Labute approximate surface area is 136 Å². The van der Waals surface area contributed by atoms with E-state index in [2.05, 4.69) is 0 Å². The summed E-state index contributed by atoms with van der Waals surface area (Å²) in [5.41, 5.74) is 7.19. The van der Waals surface area contributed by atoms with E-state index in [0.717, 1.165) is 37.8 Å². The van der Waals surface area contributed by atoms with Crippen LogP contribution in [-0.2, 0) is 9.53 Å². The molecule has 0 spiro atoms. The van der Waals surface area contributed by atoms with E-state index in [-0.39, 0.29) is 29.1 Å². The molecule has 1 saturated carbocycles. The number of nitrogens with two attached hydrogens (primary N) is 1. The lowest BCUT2D eigenvalue weighted by atomic mass is 9.85. The zero-order chi connectivity index (χ0) is 16.4. The molecule has 0 aromatic heterocycles. The van der Waals surface area contributed by atoms with E-state index in [9.17, 15) is 9.18 Å². The van der Waals surface area contributed by atoms with Crippen molar-refractivity contribution >= 4 is 5.91 Å². The minimum absolute atomic E-state index is 0.101. The lowest BCUT2D eigenvalue weighted by Crippen LogP contribution is -2.51. The zero-order valence-corrected chi connectivity index (χ0v) is 13.6. The number of methoxy groups -OCH3 is 1. The summed E-state index contributed by atoms with van der Waals surface area (Å²) in [7, 11) is 1.67. The second-order valence-corrected chi connectivity index (χ2v) is 6.88. The Hall–Kier alpha value is -1.46. The number of nitrogens with zero attached hydrogens (tertiary/aromatic N) is 1. The van der Waals surface area contributed by atoms with Crippen LogP contribution in [0.25, 0.3) is 0 Å². The molecule has 126 valence electrons. The number of ether oxygens (including phenoxy) is 1. The Kier molecular flexibility index (Phi) is 4.69. The molecule has 2 N–H and O–H groups in total. The van der Waals surface area contributed by atoms with E-state index < -0.39 is 0 Å². The first-order valence-corrected chi connectivity index (χ1v) is 8.35. The van der Waals surface area contributed by atoms with Crippen molar-refractivity contribution in [2.45, 2.75) is 37.6 Å². The maximum absolute atomic E-state index is 13.1. The van der Waals surface area contributed by atoms with Gasteiger partial charge in [0.2, 0.25) is 5.91 Å². The molecule has 1 aromatic rings. The van der Waals surface area contributed by atoms with E-state index >= 15 is 0 Å². The van der Waals surface area contributed by atoms with E-state index in [0.29, 0.717) is 13.2 Å². The molecule has 1 saturated heterocycles. The molecule has 1 aromatic carbocycles. The van der Waals surface area contributed by atoms with Crippen molar-refractivity contribution in [3.8, 4) is 0 Å². The summed E-state index contributed by atoms with van der Waals surface area (Å²) in [5.74, 6) is 0.195. The van der Waals surface area contributed by atoms with Gasteiger partial charge in [0.25, 0.3) is 0 Å². The van der Waals surface area contributed by atoms with Gasteiger partial charge in [0, 0.05) is 38.8 Å². The number of carbonyl (C=O) groups excluding carboxylic acids is 1. The van der Waals surface area contributed by atoms with Gasteiger partial charge < -0.3 is 15.4 Å². The first-order chi connectivity index (χ1) is 11.1. The Morgan fingerprint density at radius 3 is 2.65 bits per heavy atom. The van der Waals surface area contributed by atoms with Gasteiger partial charge in [0.1, 0.15) is 5.82 Å². The monoisotopic (exact) mass is 320 g/mol. The van der Waals surface area contributed by atoms with Crippen LogP contribution >= 0.6 is 0 Å². The standard InChI is InChI=1S/C18H25FN2O2/c1-23-11-9-18(7-8-18)17(22)21-10-6-15(16(20)12-21)13-2-4-14(19)5-3-13/h2-5,15-16H,6-12,20H2,1H3. The topological polar surface area (TPSA) is 55.6 Å². The van der Waals surface area contributed by atoms with Crippen LogP contribution in [0.1, 0.15) is 37.2 Å². The number of piperidine rings is 1. The highest BCUT2D eigenvalue weighted by atomic mass is 19.1. The quantitative estimate of drug-likeness (QED) is 0.905. The summed E-state index contributed by atoms with van der Waals surface area (Å²) in [6.07, 6.45) is 3.55. The predicted octanol–water partition coefficient (Wildman–Crippen LogP) is 2.29. The molecular weight excluding hydrogens is 295 g/mol. The summed E-state index contributed by atoms with van der Waals surface area (Å²) in [5, 5.41) is 0. The third-order valence-corrected chi connectivity index (χ3v) is 5.34. The van der Waals surface area contributed by atoms with Gasteiger partial charge in [-0.25, -0.2) is 4.39 Å². The molecule has 4 nitrogen and oxygen atoms in total. The van der Waals surface area contributed by atoms with Gasteiger partial charge in [-0.1, -0.05) is 12.1 Å². The third kappa shape index (κ3) is 3.40. The SMILES string of the molecule is COCCC1(C(=O)N2CCC(c3ccc(F)cc3)C(N)C2)CC1. The second-order valence-electron chi connectivity index (χ2n) is 6.88. The van der Waals surface area contributed by atoms with Crippen molar-refractivity contribution in [3.05, 3.63) is 35.6 Å². The number of halogens is 1. The summed E-state index contributed by atoms with van der Waals surface area (Å²) in [6, 6.07) is 6.46. The Bertz CT molecular complexity index is 557. The molecule has 2 unspecified atom stereocenters. The molecule has 0 bridgehead atoms. The minimum atomic E-state index is -0.233. The number of carbonyl (C=O) groups is 1. The molecule has 3 rings (SSSR count). The largest absolute Gasteiger partial charge is 0.385 e. The van der Waals surface area contributed by atoms with Gasteiger partial charge >= 0.3 is 0 Å². The molecule has 23 heavy (non-hydrogen) atoms. The predicted molar refractivity (Wildman–Crippen MR) is 86.5 cm³/mol. The van der Waals surface area contributed by atoms with Crippen molar-refractivity contribution in [1.29, 1.82) is 0 Å². The molecule has 1 amide bonds. The number of hydrogen-bond donors (Lipinski definition) is 1. The van der Waals surface area contributed by atoms with Crippen molar-refractivity contribution in [3.63, 3.8) is 0 Å². The number of amides is 1. The molecule has 1 aliphatic carbocycles. The Morgan fingerprint density at radius 1 is 1.39 bits per heavy atom. The first-order valence-electron chi connectivity index (χ1n) is 8.35. The molecular formula is C18H25FN2O2. The molecule has 5 heteroatoms. The van der Waals surface area contributed by atoms with Crippen LogP contribution in [0, 0.1) is 11.2 Å². The molecule has 1 heterocycles. The number of likely N-dealkylation sites (tertiary alicyclic amines) is 1. The fraction of sp³-hybridized carbons (Fsp3) is 0.611. The van der Waals surface area contributed by atoms with Crippen LogP contribution in [0.3, 0.4) is 0 Å². The number of rotatable bonds is 5. The Morgan fingerprint density at radius 2 is 2.09 bits per heavy atom. The Balaban J connectivity index is 1.62. The molecule has 2 aliphatic rings. The normalized spacial score (nSPS) is 26.1. The van der Waals surface area contributed by atoms with Crippen LogP contribution in [0.2, 0.25) is 0 Å². The van der Waals surface area contributed by atoms with Gasteiger partial charge in [-0.05, 0) is 43.4 Å².